The minimum absolute atomic E-state index is 0.109. The molecule has 0 heterocycles. The van der Waals surface area contributed by atoms with Gasteiger partial charge in [0.1, 0.15) is 0 Å². The van der Waals surface area contributed by atoms with Crippen molar-refractivity contribution in [2.24, 2.45) is 5.10 Å². The number of nitrogens with zero attached hydrogens (tertiary/aromatic N) is 1. The standard InChI is InChI=1S/C19H21N3O4/c1-12(2)13-7-9-15(10-8-13)21-18(24)19(25)22-20-11-14-5-4-6-16(26-3)17(14)23/h4-12,23H,1-3H3,(H,21,24)(H,22,25)/b20-11+. The molecule has 2 rings (SSSR count). The van der Waals surface area contributed by atoms with Crippen molar-refractivity contribution in [1.29, 1.82) is 0 Å². The average Bonchev–Trinajstić information content (AvgIpc) is 2.63. The van der Waals surface area contributed by atoms with E-state index in [1.807, 2.05) is 12.1 Å². The number of hydrogen-bond donors (Lipinski definition) is 3. The van der Waals surface area contributed by atoms with E-state index in [1.165, 1.54) is 13.3 Å². The molecule has 7 nitrogen and oxygen atoms in total. The van der Waals surface area contributed by atoms with Crippen LogP contribution in [-0.2, 0) is 9.59 Å². The van der Waals surface area contributed by atoms with Crippen LogP contribution in [0.5, 0.6) is 11.5 Å². The molecule has 0 saturated carbocycles. The van der Waals surface area contributed by atoms with Gasteiger partial charge in [0.15, 0.2) is 11.5 Å². The molecule has 136 valence electrons. The van der Waals surface area contributed by atoms with Crippen molar-refractivity contribution in [3.8, 4) is 11.5 Å². The Balaban J connectivity index is 1.94. The maximum Gasteiger partial charge on any atom is 0.329 e. The average molecular weight is 355 g/mol. The molecule has 2 aromatic carbocycles. The van der Waals surface area contributed by atoms with E-state index in [-0.39, 0.29) is 11.5 Å². The molecular weight excluding hydrogens is 334 g/mol. The first-order valence-electron chi connectivity index (χ1n) is 8.02. The fourth-order valence-corrected chi connectivity index (χ4v) is 2.16. The predicted molar refractivity (Wildman–Crippen MR) is 99.6 cm³/mol. The molecule has 7 heteroatoms. The first-order chi connectivity index (χ1) is 12.4. The number of aromatic hydroxyl groups is 1. The number of carbonyl (C=O) groups is 2. The van der Waals surface area contributed by atoms with Crippen molar-refractivity contribution in [2.45, 2.75) is 19.8 Å². The Morgan fingerprint density at radius 2 is 1.81 bits per heavy atom. The van der Waals surface area contributed by atoms with Gasteiger partial charge in [-0.1, -0.05) is 32.0 Å². The lowest BCUT2D eigenvalue weighted by Crippen LogP contribution is -2.32. The zero-order valence-corrected chi connectivity index (χ0v) is 14.8. The van der Waals surface area contributed by atoms with E-state index < -0.39 is 11.8 Å². The summed E-state index contributed by atoms with van der Waals surface area (Å²) in [6, 6.07) is 12.1. The Kier molecular flexibility index (Phi) is 6.32. The molecule has 0 aliphatic rings. The van der Waals surface area contributed by atoms with Crippen molar-refractivity contribution >= 4 is 23.7 Å². The molecule has 2 amide bonds. The van der Waals surface area contributed by atoms with Gasteiger partial charge in [0, 0.05) is 11.3 Å². The number of para-hydroxylation sites is 1. The molecule has 2 aromatic rings. The fraction of sp³-hybridized carbons (Fsp3) is 0.211. The molecule has 0 aliphatic carbocycles. The van der Waals surface area contributed by atoms with E-state index in [0.29, 0.717) is 17.2 Å². The summed E-state index contributed by atoms with van der Waals surface area (Å²) in [4.78, 5) is 23.7. The second-order valence-corrected chi connectivity index (χ2v) is 5.83. The normalized spacial score (nSPS) is 10.8. The lowest BCUT2D eigenvalue weighted by atomic mass is 10.0. The highest BCUT2D eigenvalue weighted by molar-refractivity contribution is 6.39. The SMILES string of the molecule is COc1cccc(/C=N/NC(=O)C(=O)Nc2ccc(C(C)C)cc2)c1O. The van der Waals surface area contributed by atoms with Crippen molar-refractivity contribution in [3.05, 3.63) is 53.6 Å². The Bertz CT molecular complexity index is 814. The third-order valence-electron chi connectivity index (χ3n) is 3.66. The molecule has 0 spiro atoms. The van der Waals surface area contributed by atoms with Gasteiger partial charge in [-0.25, -0.2) is 5.43 Å². The number of methoxy groups -OCH3 is 1. The summed E-state index contributed by atoms with van der Waals surface area (Å²) < 4.78 is 4.98. The minimum Gasteiger partial charge on any atom is -0.504 e. The smallest absolute Gasteiger partial charge is 0.329 e. The van der Waals surface area contributed by atoms with Crippen molar-refractivity contribution in [1.82, 2.24) is 5.43 Å². The molecule has 0 aromatic heterocycles. The lowest BCUT2D eigenvalue weighted by molar-refractivity contribution is -0.136. The maximum absolute atomic E-state index is 11.9. The van der Waals surface area contributed by atoms with Crippen molar-refractivity contribution in [3.63, 3.8) is 0 Å². The fourth-order valence-electron chi connectivity index (χ4n) is 2.16. The zero-order chi connectivity index (χ0) is 19.1. The quantitative estimate of drug-likeness (QED) is 0.436. The molecule has 0 unspecified atom stereocenters. The third-order valence-corrected chi connectivity index (χ3v) is 3.66. The molecule has 0 radical (unpaired) electrons. The van der Waals surface area contributed by atoms with E-state index in [1.54, 1.807) is 30.3 Å². The number of phenols is 1. The van der Waals surface area contributed by atoms with Crippen LogP contribution in [0.15, 0.2) is 47.6 Å². The van der Waals surface area contributed by atoms with Gasteiger partial charge in [-0.15, -0.1) is 0 Å². The van der Waals surface area contributed by atoms with Crippen LogP contribution >= 0.6 is 0 Å². The molecule has 0 bridgehead atoms. The van der Waals surface area contributed by atoms with Crippen LogP contribution in [0.2, 0.25) is 0 Å². The highest BCUT2D eigenvalue weighted by Crippen LogP contribution is 2.27. The number of ether oxygens (including phenoxy) is 1. The summed E-state index contributed by atoms with van der Waals surface area (Å²) in [7, 11) is 1.43. The van der Waals surface area contributed by atoms with E-state index in [0.717, 1.165) is 5.56 Å². The van der Waals surface area contributed by atoms with Gasteiger partial charge in [-0.05, 0) is 35.7 Å². The van der Waals surface area contributed by atoms with E-state index in [9.17, 15) is 14.7 Å². The topological polar surface area (TPSA) is 100 Å². The molecule has 0 saturated heterocycles. The lowest BCUT2D eigenvalue weighted by Gasteiger charge is -2.08. The number of carbonyl (C=O) groups excluding carboxylic acids is 2. The minimum atomic E-state index is -0.920. The molecule has 0 aliphatic heterocycles. The van der Waals surface area contributed by atoms with Crippen LogP contribution in [-0.4, -0.2) is 30.2 Å². The first-order valence-corrected chi connectivity index (χ1v) is 8.02. The van der Waals surface area contributed by atoms with Gasteiger partial charge in [0.2, 0.25) is 0 Å². The van der Waals surface area contributed by atoms with Crippen molar-refractivity contribution < 1.29 is 19.4 Å². The van der Waals surface area contributed by atoms with Gasteiger partial charge in [0.25, 0.3) is 0 Å². The highest BCUT2D eigenvalue weighted by atomic mass is 16.5. The second-order valence-electron chi connectivity index (χ2n) is 5.83. The van der Waals surface area contributed by atoms with Crippen molar-refractivity contribution in [2.75, 3.05) is 12.4 Å². The van der Waals surface area contributed by atoms with Crippen LogP contribution in [0, 0.1) is 0 Å². The number of rotatable bonds is 5. The number of amides is 2. The molecular formula is C19H21N3O4. The number of anilines is 1. The molecule has 26 heavy (non-hydrogen) atoms. The summed E-state index contributed by atoms with van der Waals surface area (Å²) in [6.07, 6.45) is 1.22. The van der Waals surface area contributed by atoms with Gasteiger partial charge in [0.05, 0.1) is 13.3 Å². The largest absolute Gasteiger partial charge is 0.504 e. The Labute approximate surface area is 151 Å². The highest BCUT2D eigenvalue weighted by Gasteiger charge is 2.13. The number of benzene rings is 2. The summed E-state index contributed by atoms with van der Waals surface area (Å²) in [5.74, 6) is -1.21. The van der Waals surface area contributed by atoms with Gasteiger partial charge in [-0.2, -0.15) is 5.10 Å². The summed E-state index contributed by atoms with van der Waals surface area (Å²) in [5.41, 5.74) is 4.11. The third kappa shape index (κ3) is 4.83. The number of nitrogens with one attached hydrogen (secondary N) is 2. The summed E-state index contributed by atoms with van der Waals surface area (Å²) >= 11 is 0. The number of phenolic OH excluding ortho intramolecular Hbond substituents is 1. The Morgan fingerprint density at radius 1 is 1.12 bits per heavy atom. The first kappa shape index (κ1) is 19.0. The van der Waals surface area contributed by atoms with Crippen LogP contribution in [0.1, 0.15) is 30.9 Å². The summed E-state index contributed by atoms with van der Waals surface area (Å²) in [6.45, 7) is 4.14. The van der Waals surface area contributed by atoms with E-state index in [4.69, 9.17) is 4.74 Å². The van der Waals surface area contributed by atoms with Crippen LogP contribution in [0.3, 0.4) is 0 Å². The Hall–Kier alpha value is -3.35. The van der Waals surface area contributed by atoms with E-state index in [2.05, 4.69) is 29.7 Å². The van der Waals surface area contributed by atoms with Gasteiger partial charge >= 0.3 is 11.8 Å². The van der Waals surface area contributed by atoms with Gasteiger partial charge in [-0.3, -0.25) is 9.59 Å². The molecule has 0 fully saturated rings. The number of hydrazone groups is 1. The van der Waals surface area contributed by atoms with E-state index >= 15 is 0 Å². The number of hydrogen-bond acceptors (Lipinski definition) is 5. The monoisotopic (exact) mass is 355 g/mol. The molecule has 3 N–H and O–H groups in total. The van der Waals surface area contributed by atoms with Gasteiger partial charge < -0.3 is 15.2 Å². The summed E-state index contributed by atoms with van der Waals surface area (Å²) in [5, 5.41) is 16.1. The second kappa shape index (κ2) is 8.66. The zero-order valence-electron chi connectivity index (χ0n) is 14.8. The van der Waals surface area contributed by atoms with Crippen LogP contribution < -0.4 is 15.5 Å². The Morgan fingerprint density at radius 3 is 2.42 bits per heavy atom. The van der Waals surface area contributed by atoms with Crippen LogP contribution in [0.25, 0.3) is 0 Å². The van der Waals surface area contributed by atoms with Crippen LogP contribution in [0.4, 0.5) is 5.69 Å². The predicted octanol–water partition coefficient (Wildman–Crippen LogP) is 2.61. The molecule has 0 atom stereocenters. The maximum atomic E-state index is 11.9.